The summed E-state index contributed by atoms with van der Waals surface area (Å²) in [6.45, 7) is 2.91. The van der Waals surface area contributed by atoms with Crippen molar-refractivity contribution >= 4 is 5.91 Å². The summed E-state index contributed by atoms with van der Waals surface area (Å²) in [5.74, 6) is -0.0758. The zero-order chi connectivity index (χ0) is 18.5. The molecule has 0 radical (unpaired) electrons. The van der Waals surface area contributed by atoms with Gasteiger partial charge in [0.05, 0.1) is 0 Å². The molecule has 2 heterocycles. The molecule has 5 nitrogen and oxygen atoms in total. The van der Waals surface area contributed by atoms with Gasteiger partial charge in [0.25, 0.3) is 5.91 Å². The average Bonchev–Trinajstić information content (AvgIpc) is 2.63. The SMILES string of the molecule is CN(C)Cc1cccc(-c2cccnc2C(=O)NC2CCN(C)CC2)c1. The number of carbonyl (C=O) groups excluding carboxylic acids is 1. The number of pyridine rings is 1. The Morgan fingerprint density at radius 3 is 2.73 bits per heavy atom. The van der Waals surface area contributed by atoms with E-state index >= 15 is 0 Å². The predicted molar refractivity (Wildman–Crippen MR) is 105 cm³/mol. The Hall–Kier alpha value is -2.24. The molecular weight excluding hydrogens is 324 g/mol. The van der Waals surface area contributed by atoms with Crippen molar-refractivity contribution < 1.29 is 4.79 Å². The number of amides is 1. The van der Waals surface area contributed by atoms with Gasteiger partial charge in [-0.05, 0) is 70.3 Å². The number of hydrogen-bond donors (Lipinski definition) is 1. The lowest BCUT2D eigenvalue weighted by molar-refractivity contribution is 0.0912. The highest BCUT2D eigenvalue weighted by Gasteiger charge is 2.21. The Labute approximate surface area is 156 Å². The summed E-state index contributed by atoms with van der Waals surface area (Å²) in [4.78, 5) is 21.7. The first-order chi connectivity index (χ1) is 12.5. The van der Waals surface area contributed by atoms with Crippen LogP contribution in [0.2, 0.25) is 0 Å². The van der Waals surface area contributed by atoms with Crippen LogP contribution in [0.15, 0.2) is 42.6 Å². The van der Waals surface area contributed by atoms with E-state index in [0.29, 0.717) is 5.69 Å². The summed E-state index contributed by atoms with van der Waals surface area (Å²) < 4.78 is 0. The third-order valence-electron chi connectivity index (χ3n) is 4.81. The van der Waals surface area contributed by atoms with Gasteiger partial charge in [0.1, 0.15) is 5.69 Å². The molecule has 0 bridgehead atoms. The maximum atomic E-state index is 12.9. The number of hydrogen-bond acceptors (Lipinski definition) is 4. The van der Waals surface area contributed by atoms with E-state index in [1.165, 1.54) is 5.56 Å². The van der Waals surface area contributed by atoms with Crippen LogP contribution in [0.3, 0.4) is 0 Å². The molecule has 0 atom stereocenters. The van der Waals surface area contributed by atoms with Gasteiger partial charge in [-0.15, -0.1) is 0 Å². The van der Waals surface area contributed by atoms with Crippen LogP contribution in [0.4, 0.5) is 0 Å². The number of benzene rings is 1. The highest BCUT2D eigenvalue weighted by molar-refractivity contribution is 5.99. The first-order valence-corrected chi connectivity index (χ1v) is 9.21. The molecular formula is C21H28N4O. The van der Waals surface area contributed by atoms with Gasteiger partial charge < -0.3 is 15.1 Å². The maximum absolute atomic E-state index is 12.9. The van der Waals surface area contributed by atoms with Crippen LogP contribution < -0.4 is 5.32 Å². The molecule has 1 aromatic carbocycles. The van der Waals surface area contributed by atoms with Crippen molar-refractivity contribution in [1.82, 2.24) is 20.1 Å². The maximum Gasteiger partial charge on any atom is 0.270 e. The monoisotopic (exact) mass is 352 g/mol. The van der Waals surface area contributed by atoms with Gasteiger partial charge >= 0.3 is 0 Å². The lowest BCUT2D eigenvalue weighted by Crippen LogP contribution is -2.43. The van der Waals surface area contributed by atoms with E-state index in [1.54, 1.807) is 6.20 Å². The second-order valence-corrected chi connectivity index (χ2v) is 7.39. The van der Waals surface area contributed by atoms with Gasteiger partial charge in [-0.25, -0.2) is 0 Å². The van der Waals surface area contributed by atoms with E-state index in [9.17, 15) is 4.79 Å². The smallest absolute Gasteiger partial charge is 0.270 e. The highest BCUT2D eigenvalue weighted by atomic mass is 16.1. The molecule has 3 rings (SSSR count). The topological polar surface area (TPSA) is 48.5 Å². The summed E-state index contributed by atoms with van der Waals surface area (Å²) in [5.41, 5.74) is 3.65. The Bertz CT molecular complexity index is 751. The van der Waals surface area contributed by atoms with Crippen molar-refractivity contribution in [2.75, 3.05) is 34.2 Å². The molecule has 1 saturated heterocycles. The third kappa shape index (κ3) is 4.68. The molecule has 0 aliphatic carbocycles. The molecule has 1 aliphatic rings. The zero-order valence-electron chi connectivity index (χ0n) is 15.9. The van der Waals surface area contributed by atoms with Gasteiger partial charge in [-0.3, -0.25) is 9.78 Å². The standard InChI is InChI=1S/C21H28N4O/c1-24(2)15-16-6-4-7-17(14-16)19-8-5-11-22-20(19)21(26)23-18-9-12-25(3)13-10-18/h4-8,11,14,18H,9-10,12-13,15H2,1-3H3,(H,23,26). The van der Waals surface area contributed by atoms with Crippen LogP contribution in [-0.2, 0) is 6.54 Å². The highest BCUT2D eigenvalue weighted by Crippen LogP contribution is 2.24. The molecule has 138 valence electrons. The van der Waals surface area contributed by atoms with E-state index < -0.39 is 0 Å². The Morgan fingerprint density at radius 1 is 1.23 bits per heavy atom. The van der Waals surface area contributed by atoms with E-state index in [-0.39, 0.29) is 11.9 Å². The van der Waals surface area contributed by atoms with E-state index in [0.717, 1.165) is 43.6 Å². The summed E-state index contributed by atoms with van der Waals surface area (Å²) in [5, 5.41) is 3.18. The Balaban J connectivity index is 1.81. The van der Waals surface area contributed by atoms with Crippen LogP contribution in [-0.4, -0.2) is 61.0 Å². The molecule has 1 amide bonds. The molecule has 26 heavy (non-hydrogen) atoms. The number of rotatable bonds is 5. The fourth-order valence-corrected chi connectivity index (χ4v) is 3.43. The molecule has 1 aromatic heterocycles. The first kappa shape index (κ1) is 18.5. The minimum Gasteiger partial charge on any atom is -0.348 e. The number of likely N-dealkylation sites (tertiary alicyclic amines) is 1. The zero-order valence-corrected chi connectivity index (χ0v) is 15.9. The number of aromatic nitrogens is 1. The second kappa shape index (κ2) is 8.43. The molecule has 0 unspecified atom stereocenters. The summed E-state index contributed by atoms with van der Waals surface area (Å²) in [6, 6.07) is 12.4. The van der Waals surface area contributed by atoms with E-state index in [2.05, 4.69) is 53.4 Å². The van der Waals surface area contributed by atoms with E-state index in [1.807, 2.05) is 24.3 Å². The number of piperidine rings is 1. The van der Waals surface area contributed by atoms with Crippen molar-refractivity contribution in [3.63, 3.8) is 0 Å². The van der Waals surface area contributed by atoms with E-state index in [4.69, 9.17) is 0 Å². The normalized spacial score (nSPS) is 16.0. The quantitative estimate of drug-likeness (QED) is 0.899. The summed E-state index contributed by atoms with van der Waals surface area (Å²) in [7, 11) is 6.23. The van der Waals surface area contributed by atoms with Crippen LogP contribution in [0, 0.1) is 0 Å². The Morgan fingerprint density at radius 2 is 2.00 bits per heavy atom. The number of nitrogens with one attached hydrogen (secondary N) is 1. The van der Waals surface area contributed by atoms with Gasteiger partial charge in [0, 0.05) is 24.3 Å². The van der Waals surface area contributed by atoms with Crippen molar-refractivity contribution in [2.24, 2.45) is 0 Å². The van der Waals surface area contributed by atoms with Crippen LogP contribution in [0.5, 0.6) is 0 Å². The molecule has 0 spiro atoms. The van der Waals surface area contributed by atoms with Crippen molar-refractivity contribution in [1.29, 1.82) is 0 Å². The molecule has 0 saturated carbocycles. The summed E-state index contributed by atoms with van der Waals surface area (Å²) >= 11 is 0. The van der Waals surface area contributed by atoms with Crippen molar-refractivity contribution in [3.8, 4) is 11.1 Å². The molecule has 1 aliphatic heterocycles. The number of carbonyl (C=O) groups is 1. The molecule has 1 fully saturated rings. The first-order valence-electron chi connectivity index (χ1n) is 9.21. The fraction of sp³-hybridized carbons (Fsp3) is 0.429. The van der Waals surface area contributed by atoms with Crippen molar-refractivity contribution in [3.05, 3.63) is 53.9 Å². The van der Waals surface area contributed by atoms with Crippen LogP contribution in [0.1, 0.15) is 28.9 Å². The predicted octanol–water partition coefficient (Wildman–Crippen LogP) is 2.63. The average molecular weight is 352 g/mol. The second-order valence-electron chi connectivity index (χ2n) is 7.39. The molecule has 5 heteroatoms. The minimum atomic E-state index is -0.0758. The summed E-state index contributed by atoms with van der Waals surface area (Å²) in [6.07, 6.45) is 3.67. The number of nitrogens with zero attached hydrogens (tertiary/aromatic N) is 3. The van der Waals surface area contributed by atoms with Gasteiger partial charge in [0.15, 0.2) is 0 Å². The van der Waals surface area contributed by atoms with Crippen molar-refractivity contribution in [2.45, 2.75) is 25.4 Å². The largest absolute Gasteiger partial charge is 0.348 e. The van der Waals surface area contributed by atoms with Gasteiger partial charge in [0.2, 0.25) is 0 Å². The van der Waals surface area contributed by atoms with Gasteiger partial charge in [-0.1, -0.05) is 24.3 Å². The van der Waals surface area contributed by atoms with Crippen LogP contribution in [0.25, 0.3) is 11.1 Å². The minimum absolute atomic E-state index is 0.0758. The third-order valence-corrected chi connectivity index (χ3v) is 4.81. The molecule has 1 N–H and O–H groups in total. The molecule has 2 aromatic rings. The van der Waals surface area contributed by atoms with Gasteiger partial charge in [-0.2, -0.15) is 0 Å². The lowest BCUT2D eigenvalue weighted by atomic mass is 10.00. The fourth-order valence-electron chi connectivity index (χ4n) is 3.43. The van der Waals surface area contributed by atoms with Crippen LogP contribution >= 0.6 is 0 Å². The Kier molecular flexibility index (Phi) is 6.01. The lowest BCUT2D eigenvalue weighted by Gasteiger charge is -2.29.